The number of anilines is 1. The topological polar surface area (TPSA) is 66.9 Å². The Morgan fingerprint density at radius 1 is 1.14 bits per heavy atom. The lowest BCUT2D eigenvalue weighted by Crippen LogP contribution is -2.37. The van der Waals surface area contributed by atoms with Gasteiger partial charge in [-0.05, 0) is 43.5 Å². The second-order valence-corrected chi connectivity index (χ2v) is 9.23. The molecule has 0 N–H and O–H groups in total. The summed E-state index contributed by atoms with van der Waals surface area (Å²) >= 11 is 0. The van der Waals surface area contributed by atoms with Crippen LogP contribution in [0, 0.1) is 6.92 Å². The molecule has 1 saturated heterocycles. The molecule has 6 nitrogen and oxygen atoms in total. The molecule has 0 aliphatic carbocycles. The van der Waals surface area contributed by atoms with Crippen molar-refractivity contribution in [2.24, 2.45) is 0 Å². The average molecular weight is 401 g/mol. The predicted molar refractivity (Wildman–Crippen MR) is 107 cm³/mol. The van der Waals surface area contributed by atoms with Gasteiger partial charge in [-0.1, -0.05) is 29.8 Å². The average Bonchev–Trinajstić information content (AvgIpc) is 3.17. The highest BCUT2D eigenvalue weighted by atomic mass is 32.2. The molecule has 1 atom stereocenters. The van der Waals surface area contributed by atoms with Crippen molar-refractivity contribution in [2.45, 2.75) is 37.6 Å². The van der Waals surface area contributed by atoms with Crippen LogP contribution in [0.1, 0.15) is 36.9 Å². The number of fused-ring (bicyclic) bond motifs is 1. The first-order chi connectivity index (χ1) is 13.4. The van der Waals surface area contributed by atoms with Crippen LogP contribution in [0.3, 0.4) is 0 Å². The zero-order chi connectivity index (χ0) is 19.9. The van der Waals surface area contributed by atoms with Gasteiger partial charge in [0.25, 0.3) is 0 Å². The Bertz CT molecular complexity index is 1020. The van der Waals surface area contributed by atoms with E-state index < -0.39 is 10.0 Å². The third-order valence-corrected chi connectivity index (χ3v) is 7.32. The number of carbonyl (C=O) groups excluding carboxylic acids is 1. The van der Waals surface area contributed by atoms with E-state index in [1.807, 2.05) is 25.1 Å². The Kier molecular flexibility index (Phi) is 4.89. The fourth-order valence-electron chi connectivity index (χ4n) is 4.06. The SMILES string of the molecule is CC(=O)N1CCOc2ccc(S(=O)(=O)N3CCC[C@@H]3c3cccc(C)c3)cc21. The third-order valence-electron chi connectivity index (χ3n) is 5.41. The molecule has 28 heavy (non-hydrogen) atoms. The van der Waals surface area contributed by atoms with Crippen molar-refractivity contribution >= 4 is 21.6 Å². The van der Waals surface area contributed by atoms with Crippen LogP contribution in [0.4, 0.5) is 5.69 Å². The summed E-state index contributed by atoms with van der Waals surface area (Å²) in [5, 5.41) is 0. The van der Waals surface area contributed by atoms with Gasteiger partial charge in [0.1, 0.15) is 12.4 Å². The van der Waals surface area contributed by atoms with Gasteiger partial charge < -0.3 is 9.64 Å². The Morgan fingerprint density at radius 2 is 1.96 bits per heavy atom. The smallest absolute Gasteiger partial charge is 0.243 e. The number of hydrogen-bond acceptors (Lipinski definition) is 4. The van der Waals surface area contributed by atoms with E-state index in [-0.39, 0.29) is 16.8 Å². The van der Waals surface area contributed by atoms with Crippen molar-refractivity contribution in [3.05, 3.63) is 53.6 Å². The molecule has 2 aliphatic rings. The van der Waals surface area contributed by atoms with Gasteiger partial charge in [-0.3, -0.25) is 4.79 Å². The van der Waals surface area contributed by atoms with Crippen molar-refractivity contribution < 1.29 is 17.9 Å². The molecule has 0 unspecified atom stereocenters. The van der Waals surface area contributed by atoms with Crippen molar-refractivity contribution in [2.75, 3.05) is 24.6 Å². The van der Waals surface area contributed by atoms with Crippen LogP contribution in [0.25, 0.3) is 0 Å². The number of carbonyl (C=O) groups is 1. The van der Waals surface area contributed by atoms with Gasteiger partial charge in [-0.2, -0.15) is 4.31 Å². The van der Waals surface area contributed by atoms with Gasteiger partial charge in [0, 0.05) is 13.5 Å². The summed E-state index contributed by atoms with van der Waals surface area (Å²) in [6, 6.07) is 12.6. The molecular weight excluding hydrogens is 376 g/mol. The maximum Gasteiger partial charge on any atom is 0.243 e. The molecule has 7 heteroatoms. The van der Waals surface area contributed by atoms with Crippen LogP contribution in [0.2, 0.25) is 0 Å². The zero-order valence-electron chi connectivity index (χ0n) is 16.1. The van der Waals surface area contributed by atoms with Crippen molar-refractivity contribution in [3.63, 3.8) is 0 Å². The van der Waals surface area contributed by atoms with Crippen LogP contribution < -0.4 is 9.64 Å². The summed E-state index contributed by atoms with van der Waals surface area (Å²) in [7, 11) is -3.69. The van der Waals surface area contributed by atoms with Gasteiger partial charge in [-0.15, -0.1) is 0 Å². The fourth-order valence-corrected chi connectivity index (χ4v) is 5.76. The van der Waals surface area contributed by atoms with Crippen molar-refractivity contribution in [1.82, 2.24) is 4.31 Å². The van der Waals surface area contributed by atoms with E-state index in [0.29, 0.717) is 31.1 Å². The van der Waals surface area contributed by atoms with Crippen LogP contribution in [-0.4, -0.2) is 38.3 Å². The van der Waals surface area contributed by atoms with Gasteiger partial charge in [0.05, 0.1) is 23.2 Å². The van der Waals surface area contributed by atoms with E-state index in [2.05, 4.69) is 6.07 Å². The Morgan fingerprint density at radius 3 is 2.71 bits per heavy atom. The van der Waals surface area contributed by atoms with E-state index >= 15 is 0 Å². The number of rotatable bonds is 3. The van der Waals surface area contributed by atoms with E-state index in [4.69, 9.17) is 4.74 Å². The highest BCUT2D eigenvalue weighted by Gasteiger charge is 2.37. The highest BCUT2D eigenvalue weighted by molar-refractivity contribution is 7.89. The second-order valence-electron chi connectivity index (χ2n) is 7.34. The molecule has 1 amide bonds. The van der Waals surface area contributed by atoms with Crippen LogP contribution in [0.15, 0.2) is 47.4 Å². The molecule has 148 valence electrons. The summed E-state index contributed by atoms with van der Waals surface area (Å²) in [4.78, 5) is 13.7. The molecule has 2 aromatic carbocycles. The molecule has 2 aliphatic heterocycles. The summed E-state index contributed by atoms with van der Waals surface area (Å²) in [6.07, 6.45) is 1.63. The predicted octanol–water partition coefficient (Wildman–Crippen LogP) is 3.27. The van der Waals surface area contributed by atoms with Crippen LogP contribution in [-0.2, 0) is 14.8 Å². The highest BCUT2D eigenvalue weighted by Crippen LogP contribution is 2.39. The van der Waals surface area contributed by atoms with Crippen molar-refractivity contribution in [1.29, 1.82) is 0 Å². The van der Waals surface area contributed by atoms with E-state index in [1.165, 1.54) is 6.92 Å². The first kappa shape index (κ1) is 19.0. The number of aryl methyl sites for hydroxylation is 1. The lowest BCUT2D eigenvalue weighted by molar-refractivity contribution is -0.116. The van der Waals surface area contributed by atoms with Gasteiger partial charge >= 0.3 is 0 Å². The monoisotopic (exact) mass is 400 g/mol. The quantitative estimate of drug-likeness (QED) is 0.793. The number of benzene rings is 2. The number of hydrogen-bond donors (Lipinski definition) is 0. The molecule has 0 bridgehead atoms. The zero-order valence-corrected chi connectivity index (χ0v) is 16.9. The number of amides is 1. The first-order valence-electron chi connectivity index (χ1n) is 9.51. The Balaban J connectivity index is 1.72. The molecule has 4 rings (SSSR count). The minimum atomic E-state index is -3.69. The number of nitrogens with zero attached hydrogens (tertiary/aromatic N) is 2. The third kappa shape index (κ3) is 3.29. The molecule has 0 aromatic heterocycles. The first-order valence-corrected chi connectivity index (χ1v) is 11.0. The number of ether oxygens (including phenoxy) is 1. The van der Waals surface area contributed by atoms with E-state index in [1.54, 1.807) is 27.4 Å². The summed E-state index contributed by atoms with van der Waals surface area (Å²) in [6.45, 7) is 4.80. The molecule has 0 spiro atoms. The lowest BCUT2D eigenvalue weighted by atomic mass is 10.0. The summed E-state index contributed by atoms with van der Waals surface area (Å²) in [5.74, 6) is 0.412. The van der Waals surface area contributed by atoms with Gasteiger partial charge in [0.2, 0.25) is 15.9 Å². The Labute approximate surface area is 165 Å². The maximum absolute atomic E-state index is 13.4. The molecular formula is C21H24N2O4S. The lowest BCUT2D eigenvalue weighted by Gasteiger charge is -2.30. The van der Waals surface area contributed by atoms with Crippen LogP contribution in [0.5, 0.6) is 5.75 Å². The minimum Gasteiger partial charge on any atom is -0.490 e. The summed E-state index contributed by atoms with van der Waals surface area (Å²) < 4.78 is 34.1. The molecule has 0 radical (unpaired) electrons. The van der Waals surface area contributed by atoms with E-state index in [9.17, 15) is 13.2 Å². The molecule has 2 heterocycles. The van der Waals surface area contributed by atoms with Gasteiger partial charge in [0.15, 0.2) is 0 Å². The standard InChI is InChI=1S/C21H24N2O4S/c1-15-5-3-6-17(13-15)19-7-4-10-23(19)28(25,26)18-8-9-21-20(14-18)22(16(2)24)11-12-27-21/h3,5-6,8-9,13-14,19H,4,7,10-12H2,1-2H3/t19-/m1/s1. The molecule has 0 saturated carbocycles. The normalized spacial score (nSPS) is 19.9. The maximum atomic E-state index is 13.4. The van der Waals surface area contributed by atoms with Crippen LogP contribution >= 0.6 is 0 Å². The number of sulfonamides is 1. The molecule has 2 aromatic rings. The minimum absolute atomic E-state index is 0.127. The largest absolute Gasteiger partial charge is 0.490 e. The Hall–Kier alpha value is -2.38. The molecule has 1 fully saturated rings. The fraction of sp³-hybridized carbons (Fsp3) is 0.381. The van der Waals surface area contributed by atoms with Crippen molar-refractivity contribution in [3.8, 4) is 5.75 Å². The summed E-state index contributed by atoms with van der Waals surface area (Å²) in [5.41, 5.74) is 2.66. The second kappa shape index (κ2) is 7.22. The van der Waals surface area contributed by atoms with Gasteiger partial charge in [-0.25, -0.2) is 8.42 Å². The van der Waals surface area contributed by atoms with E-state index in [0.717, 1.165) is 24.0 Å².